The molecule has 6 nitrogen and oxygen atoms in total. The molecule has 1 saturated heterocycles. The van der Waals surface area contributed by atoms with Crippen LogP contribution in [0.3, 0.4) is 0 Å². The van der Waals surface area contributed by atoms with Gasteiger partial charge in [0, 0.05) is 12.1 Å². The number of hydrogen-bond acceptors (Lipinski definition) is 5. The van der Waals surface area contributed by atoms with Crippen molar-refractivity contribution in [2.45, 2.75) is 58.6 Å². The number of amides is 1. The van der Waals surface area contributed by atoms with Crippen molar-refractivity contribution in [3.8, 4) is 17.2 Å². The fourth-order valence-corrected chi connectivity index (χ4v) is 4.03. The summed E-state index contributed by atoms with van der Waals surface area (Å²) in [6.07, 6.45) is 4.52. The van der Waals surface area contributed by atoms with Gasteiger partial charge in [-0.05, 0) is 45.7 Å². The molecular formula is C21H31NO5. The zero-order valence-electron chi connectivity index (χ0n) is 16.7. The molecule has 0 N–H and O–H groups in total. The number of benzene rings is 1. The molecule has 150 valence electrons. The molecule has 6 heteroatoms. The number of ether oxygens (including phenoxy) is 4. The number of fused-ring (bicyclic) bond motifs is 1. The molecule has 2 aliphatic rings. The minimum atomic E-state index is 0.0140. The SMILES string of the molecule is CCOc1cc(C(=O)N2CCOC3CCCCC32)cc(OCC)c1OCC. The third-order valence-corrected chi connectivity index (χ3v) is 5.15. The van der Waals surface area contributed by atoms with Gasteiger partial charge in [-0.2, -0.15) is 0 Å². The molecule has 1 saturated carbocycles. The van der Waals surface area contributed by atoms with Crippen LogP contribution in [0.25, 0.3) is 0 Å². The molecule has 1 amide bonds. The Balaban J connectivity index is 1.93. The maximum absolute atomic E-state index is 13.4. The van der Waals surface area contributed by atoms with Crippen LogP contribution in [0.1, 0.15) is 56.8 Å². The third kappa shape index (κ3) is 4.32. The van der Waals surface area contributed by atoms with Gasteiger partial charge in [-0.3, -0.25) is 4.79 Å². The topological polar surface area (TPSA) is 57.2 Å². The van der Waals surface area contributed by atoms with Gasteiger partial charge in [-0.1, -0.05) is 12.8 Å². The van der Waals surface area contributed by atoms with E-state index in [0.29, 0.717) is 55.8 Å². The van der Waals surface area contributed by atoms with Crippen molar-refractivity contribution in [1.82, 2.24) is 4.90 Å². The second kappa shape index (κ2) is 9.31. The van der Waals surface area contributed by atoms with Gasteiger partial charge in [0.25, 0.3) is 5.91 Å². The molecule has 2 fully saturated rings. The number of rotatable bonds is 7. The molecule has 3 rings (SSSR count). The van der Waals surface area contributed by atoms with Gasteiger partial charge in [0.2, 0.25) is 5.75 Å². The Kier molecular flexibility index (Phi) is 6.83. The minimum Gasteiger partial charge on any atom is -0.490 e. The molecule has 2 unspecified atom stereocenters. The molecule has 0 spiro atoms. The van der Waals surface area contributed by atoms with Gasteiger partial charge in [0.15, 0.2) is 11.5 Å². The van der Waals surface area contributed by atoms with Crippen LogP contribution in [0.15, 0.2) is 12.1 Å². The van der Waals surface area contributed by atoms with Gasteiger partial charge in [-0.15, -0.1) is 0 Å². The van der Waals surface area contributed by atoms with E-state index in [2.05, 4.69) is 0 Å². The van der Waals surface area contributed by atoms with Crippen molar-refractivity contribution in [2.75, 3.05) is 33.0 Å². The van der Waals surface area contributed by atoms with Crippen LogP contribution < -0.4 is 14.2 Å². The van der Waals surface area contributed by atoms with Crippen LogP contribution in [0, 0.1) is 0 Å². The van der Waals surface area contributed by atoms with Crippen molar-refractivity contribution >= 4 is 5.91 Å². The van der Waals surface area contributed by atoms with Crippen LogP contribution in [0.2, 0.25) is 0 Å². The Hall–Kier alpha value is -1.95. The van der Waals surface area contributed by atoms with E-state index in [1.54, 1.807) is 12.1 Å². The van der Waals surface area contributed by atoms with Crippen molar-refractivity contribution < 1.29 is 23.7 Å². The Morgan fingerprint density at radius 3 is 2.30 bits per heavy atom. The highest BCUT2D eigenvalue weighted by Crippen LogP contribution is 2.40. The van der Waals surface area contributed by atoms with E-state index in [1.165, 1.54) is 6.42 Å². The van der Waals surface area contributed by atoms with E-state index in [9.17, 15) is 4.79 Å². The summed E-state index contributed by atoms with van der Waals surface area (Å²) in [4.78, 5) is 15.3. The summed E-state index contributed by atoms with van der Waals surface area (Å²) in [6.45, 7) is 8.46. The van der Waals surface area contributed by atoms with Crippen LogP contribution in [0.5, 0.6) is 17.2 Å². The summed E-state index contributed by atoms with van der Waals surface area (Å²) < 4.78 is 23.2. The van der Waals surface area contributed by atoms with Crippen molar-refractivity contribution in [3.05, 3.63) is 17.7 Å². The average molecular weight is 377 g/mol. The maximum atomic E-state index is 13.4. The summed E-state index contributed by atoms with van der Waals surface area (Å²) in [5.74, 6) is 1.69. The molecule has 1 aromatic carbocycles. The van der Waals surface area contributed by atoms with E-state index < -0.39 is 0 Å². The zero-order valence-corrected chi connectivity index (χ0v) is 16.7. The first-order chi connectivity index (χ1) is 13.2. The molecule has 1 aliphatic heterocycles. The van der Waals surface area contributed by atoms with E-state index in [4.69, 9.17) is 18.9 Å². The number of nitrogens with zero attached hydrogens (tertiary/aromatic N) is 1. The lowest BCUT2D eigenvalue weighted by atomic mass is 9.89. The second-order valence-electron chi connectivity index (χ2n) is 6.86. The summed E-state index contributed by atoms with van der Waals surface area (Å²) in [6, 6.07) is 3.73. The molecule has 1 heterocycles. The van der Waals surface area contributed by atoms with E-state index in [1.807, 2.05) is 25.7 Å². The quantitative estimate of drug-likeness (QED) is 0.726. The van der Waals surface area contributed by atoms with Gasteiger partial charge in [0.1, 0.15) is 0 Å². The molecule has 2 atom stereocenters. The first-order valence-corrected chi connectivity index (χ1v) is 10.2. The highest BCUT2D eigenvalue weighted by molar-refractivity contribution is 5.96. The number of morpholine rings is 1. The van der Waals surface area contributed by atoms with Crippen LogP contribution in [-0.2, 0) is 4.74 Å². The van der Waals surface area contributed by atoms with Gasteiger partial charge in [0.05, 0.1) is 38.6 Å². The molecule has 1 aromatic rings. The summed E-state index contributed by atoms with van der Waals surface area (Å²) >= 11 is 0. The van der Waals surface area contributed by atoms with Crippen LogP contribution in [0.4, 0.5) is 0 Å². The number of carbonyl (C=O) groups excluding carboxylic acids is 1. The second-order valence-corrected chi connectivity index (χ2v) is 6.86. The van der Waals surface area contributed by atoms with E-state index in [-0.39, 0.29) is 18.1 Å². The smallest absolute Gasteiger partial charge is 0.254 e. The predicted octanol–water partition coefficient (Wildman–Crippen LogP) is 3.67. The van der Waals surface area contributed by atoms with Gasteiger partial charge >= 0.3 is 0 Å². The third-order valence-electron chi connectivity index (χ3n) is 5.15. The van der Waals surface area contributed by atoms with E-state index in [0.717, 1.165) is 19.3 Å². The first-order valence-electron chi connectivity index (χ1n) is 10.2. The van der Waals surface area contributed by atoms with E-state index >= 15 is 0 Å². The largest absolute Gasteiger partial charge is 0.490 e. The molecule has 0 aromatic heterocycles. The Bertz CT molecular complexity index is 618. The summed E-state index contributed by atoms with van der Waals surface area (Å²) in [5.41, 5.74) is 0.580. The summed E-state index contributed by atoms with van der Waals surface area (Å²) in [7, 11) is 0. The zero-order chi connectivity index (χ0) is 19.2. The van der Waals surface area contributed by atoms with Crippen LogP contribution in [-0.4, -0.2) is 55.9 Å². The molecule has 27 heavy (non-hydrogen) atoms. The molecular weight excluding hydrogens is 346 g/mol. The Labute approximate surface area is 161 Å². The predicted molar refractivity (Wildman–Crippen MR) is 103 cm³/mol. The van der Waals surface area contributed by atoms with Crippen LogP contribution >= 0.6 is 0 Å². The van der Waals surface area contributed by atoms with Crippen molar-refractivity contribution in [1.29, 1.82) is 0 Å². The summed E-state index contributed by atoms with van der Waals surface area (Å²) in [5, 5.41) is 0. The van der Waals surface area contributed by atoms with Crippen molar-refractivity contribution in [3.63, 3.8) is 0 Å². The standard InChI is InChI=1S/C21H31NO5/c1-4-24-18-13-15(14-19(25-5-2)20(18)26-6-3)21(23)22-11-12-27-17-10-8-7-9-16(17)22/h13-14,16-17H,4-12H2,1-3H3. The van der Waals surface area contributed by atoms with Gasteiger partial charge in [-0.25, -0.2) is 0 Å². The molecule has 1 aliphatic carbocycles. The minimum absolute atomic E-state index is 0.0140. The Morgan fingerprint density at radius 1 is 1.04 bits per heavy atom. The number of carbonyl (C=O) groups is 1. The lowest BCUT2D eigenvalue weighted by molar-refractivity contribution is -0.0752. The van der Waals surface area contributed by atoms with Crippen molar-refractivity contribution in [2.24, 2.45) is 0 Å². The lowest BCUT2D eigenvalue weighted by Gasteiger charge is -2.43. The monoisotopic (exact) mass is 377 g/mol. The lowest BCUT2D eigenvalue weighted by Crippen LogP contribution is -2.54. The fourth-order valence-electron chi connectivity index (χ4n) is 4.03. The maximum Gasteiger partial charge on any atom is 0.254 e. The Morgan fingerprint density at radius 2 is 1.67 bits per heavy atom. The fraction of sp³-hybridized carbons (Fsp3) is 0.667. The average Bonchev–Trinajstić information content (AvgIpc) is 2.69. The first kappa shape index (κ1) is 19.8. The normalized spacial score (nSPS) is 22.1. The highest BCUT2D eigenvalue weighted by Gasteiger charge is 2.37. The molecule has 0 radical (unpaired) electrons. The highest BCUT2D eigenvalue weighted by atomic mass is 16.5. The van der Waals surface area contributed by atoms with Gasteiger partial charge < -0.3 is 23.8 Å². The molecule has 0 bridgehead atoms. The number of hydrogen-bond donors (Lipinski definition) is 0.